The van der Waals surface area contributed by atoms with Gasteiger partial charge in [-0.1, -0.05) is 23.4 Å². The number of hydrogen-bond donors (Lipinski definition) is 2. The lowest BCUT2D eigenvalue weighted by Gasteiger charge is -2.17. The van der Waals surface area contributed by atoms with E-state index in [1.165, 1.54) is 12.1 Å². The number of ether oxygens (including phenoxy) is 1. The van der Waals surface area contributed by atoms with Crippen molar-refractivity contribution in [2.24, 2.45) is 0 Å². The van der Waals surface area contributed by atoms with Gasteiger partial charge in [0.15, 0.2) is 6.61 Å². The van der Waals surface area contributed by atoms with Crippen LogP contribution in [0.25, 0.3) is 0 Å². The van der Waals surface area contributed by atoms with Crippen LogP contribution in [0.1, 0.15) is 34.1 Å². The van der Waals surface area contributed by atoms with Gasteiger partial charge < -0.3 is 19.9 Å². The fourth-order valence-electron chi connectivity index (χ4n) is 2.90. The number of benzene rings is 2. The third-order valence-corrected chi connectivity index (χ3v) is 4.35. The second-order valence-corrected chi connectivity index (χ2v) is 6.48. The molecular formula is C20H17FN4O4. The first-order valence-corrected chi connectivity index (χ1v) is 8.97. The van der Waals surface area contributed by atoms with Gasteiger partial charge in [0.05, 0.1) is 0 Å². The lowest BCUT2D eigenvalue weighted by atomic mass is 10.0. The molecule has 148 valence electrons. The maximum atomic E-state index is 13.2. The van der Waals surface area contributed by atoms with E-state index in [2.05, 4.69) is 20.8 Å². The lowest BCUT2D eigenvalue weighted by molar-refractivity contribution is -0.116. The Labute approximate surface area is 165 Å². The summed E-state index contributed by atoms with van der Waals surface area (Å²) in [5, 5.41) is 9.11. The van der Waals surface area contributed by atoms with Crippen LogP contribution >= 0.6 is 0 Å². The molecule has 2 N–H and O–H groups in total. The molecule has 4 rings (SSSR count). The Morgan fingerprint density at radius 2 is 2.14 bits per heavy atom. The summed E-state index contributed by atoms with van der Waals surface area (Å²) in [5.41, 5.74) is 2.39. The maximum absolute atomic E-state index is 13.2. The summed E-state index contributed by atoms with van der Waals surface area (Å²) >= 11 is 0. The minimum Gasteiger partial charge on any atom is -0.485 e. The van der Waals surface area contributed by atoms with Crippen LogP contribution in [0.15, 0.2) is 47.0 Å². The van der Waals surface area contributed by atoms with Crippen LogP contribution in [-0.2, 0) is 24.4 Å². The lowest BCUT2D eigenvalue weighted by Crippen LogP contribution is -2.23. The van der Waals surface area contributed by atoms with E-state index in [9.17, 15) is 14.0 Å². The van der Waals surface area contributed by atoms with E-state index >= 15 is 0 Å². The zero-order chi connectivity index (χ0) is 20.2. The van der Waals surface area contributed by atoms with Crippen molar-refractivity contribution in [2.45, 2.75) is 26.0 Å². The third kappa shape index (κ3) is 4.57. The second-order valence-electron chi connectivity index (χ2n) is 6.48. The molecule has 0 saturated carbocycles. The average Bonchev–Trinajstić information content (AvgIpc) is 3.19. The van der Waals surface area contributed by atoms with Crippen molar-refractivity contribution in [1.82, 2.24) is 15.5 Å². The normalized spacial score (nSPS) is 12.8. The SMILES string of the molecule is O=C1CCc2ccc(OCc3noc(C(=O)NCc4cccc(F)c4)n3)cc2N1. The van der Waals surface area contributed by atoms with E-state index in [4.69, 9.17) is 9.26 Å². The minimum absolute atomic E-state index is 0.00654. The highest BCUT2D eigenvalue weighted by atomic mass is 19.1. The molecular weight excluding hydrogens is 379 g/mol. The molecule has 0 fully saturated rings. The molecule has 9 heteroatoms. The minimum atomic E-state index is -0.565. The number of nitrogens with one attached hydrogen (secondary N) is 2. The number of hydrogen-bond acceptors (Lipinski definition) is 6. The number of aryl methyl sites for hydroxylation is 1. The van der Waals surface area contributed by atoms with Gasteiger partial charge in [0.2, 0.25) is 11.7 Å². The van der Waals surface area contributed by atoms with Crippen molar-refractivity contribution in [3.63, 3.8) is 0 Å². The second kappa shape index (κ2) is 8.09. The quantitative estimate of drug-likeness (QED) is 0.663. The van der Waals surface area contributed by atoms with E-state index in [0.29, 0.717) is 24.2 Å². The topological polar surface area (TPSA) is 106 Å². The summed E-state index contributed by atoms with van der Waals surface area (Å²) in [6.45, 7) is 0.124. The van der Waals surface area contributed by atoms with E-state index in [1.54, 1.807) is 24.3 Å². The zero-order valence-corrected chi connectivity index (χ0v) is 15.3. The first-order valence-electron chi connectivity index (χ1n) is 8.97. The summed E-state index contributed by atoms with van der Waals surface area (Å²) in [6.07, 6.45) is 1.17. The molecule has 2 aromatic carbocycles. The monoisotopic (exact) mass is 396 g/mol. The molecule has 0 unspecified atom stereocenters. The van der Waals surface area contributed by atoms with Gasteiger partial charge in [-0.05, 0) is 35.7 Å². The standard InChI is InChI=1S/C20H17FN4O4/c21-14-3-1-2-12(8-14)10-22-19(27)20-24-17(25-29-20)11-28-15-6-4-13-5-7-18(26)23-16(13)9-15/h1-4,6,8-9H,5,7,10-11H2,(H,22,27)(H,23,26). The predicted octanol–water partition coefficient (Wildman–Crippen LogP) is 2.60. The molecule has 29 heavy (non-hydrogen) atoms. The van der Waals surface area contributed by atoms with Gasteiger partial charge in [0, 0.05) is 24.7 Å². The number of carbonyl (C=O) groups excluding carboxylic acids is 2. The van der Waals surface area contributed by atoms with Crippen molar-refractivity contribution in [3.8, 4) is 5.75 Å². The summed E-state index contributed by atoms with van der Waals surface area (Å²) in [4.78, 5) is 27.6. The van der Waals surface area contributed by atoms with Gasteiger partial charge in [-0.15, -0.1) is 0 Å². The van der Waals surface area contributed by atoms with E-state index in [-0.39, 0.29) is 36.6 Å². The fourth-order valence-corrected chi connectivity index (χ4v) is 2.90. The number of fused-ring (bicyclic) bond motifs is 1. The first-order chi connectivity index (χ1) is 14.1. The molecule has 1 aromatic heterocycles. The molecule has 1 aliphatic heterocycles. The molecule has 0 saturated heterocycles. The molecule has 0 atom stereocenters. The smallest absolute Gasteiger partial charge is 0.316 e. The summed E-state index contributed by atoms with van der Waals surface area (Å²) in [6, 6.07) is 11.3. The molecule has 2 heterocycles. The molecule has 1 aliphatic rings. The third-order valence-electron chi connectivity index (χ3n) is 4.35. The van der Waals surface area contributed by atoms with Crippen LogP contribution in [0, 0.1) is 5.82 Å². The number of anilines is 1. The first kappa shape index (κ1) is 18.6. The maximum Gasteiger partial charge on any atom is 0.316 e. The number of rotatable bonds is 6. The average molecular weight is 396 g/mol. The molecule has 3 aromatic rings. The van der Waals surface area contributed by atoms with E-state index in [1.807, 2.05) is 6.07 Å². The van der Waals surface area contributed by atoms with Crippen LogP contribution in [-0.4, -0.2) is 22.0 Å². The Morgan fingerprint density at radius 1 is 1.24 bits per heavy atom. The number of carbonyl (C=O) groups is 2. The van der Waals surface area contributed by atoms with Crippen molar-refractivity contribution in [3.05, 3.63) is 71.1 Å². The van der Waals surface area contributed by atoms with Gasteiger partial charge >= 0.3 is 11.8 Å². The van der Waals surface area contributed by atoms with Crippen LogP contribution in [0.4, 0.5) is 10.1 Å². The molecule has 8 nitrogen and oxygen atoms in total. The van der Waals surface area contributed by atoms with Crippen LogP contribution < -0.4 is 15.4 Å². The Balaban J connectivity index is 1.33. The molecule has 0 aliphatic carbocycles. The predicted molar refractivity (Wildman–Crippen MR) is 99.6 cm³/mol. The zero-order valence-electron chi connectivity index (χ0n) is 15.3. The molecule has 0 radical (unpaired) electrons. The molecule has 0 spiro atoms. The molecule has 2 amide bonds. The van der Waals surface area contributed by atoms with E-state index in [0.717, 1.165) is 11.3 Å². The fraction of sp³-hybridized carbons (Fsp3) is 0.200. The highest BCUT2D eigenvalue weighted by molar-refractivity contribution is 5.94. The number of aromatic nitrogens is 2. The Morgan fingerprint density at radius 3 is 3.00 bits per heavy atom. The number of halogens is 1. The van der Waals surface area contributed by atoms with Gasteiger partial charge in [-0.25, -0.2) is 4.39 Å². The largest absolute Gasteiger partial charge is 0.485 e. The van der Waals surface area contributed by atoms with Crippen LogP contribution in [0.2, 0.25) is 0 Å². The Bertz CT molecular complexity index is 1070. The summed E-state index contributed by atoms with van der Waals surface area (Å²) in [7, 11) is 0. The van der Waals surface area contributed by atoms with Gasteiger partial charge in [0.1, 0.15) is 11.6 Å². The highest BCUT2D eigenvalue weighted by Gasteiger charge is 2.17. The highest BCUT2D eigenvalue weighted by Crippen LogP contribution is 2.27. The van der Waals surface area contributed by atoms with Gasteiger partial charge in [-0.2, -0.15) is 4.98 Å². The van der Waals surface area contributed by atoms with Gasteiger partial charge in [-0.3, -0.25) is 9.59 Å². The van der Waals surface area contributed by atoms with Crippen molar-refractivity contribution in [2.75, 3.05) is 5.32 Å². The summed E-state index contributed by atoms with van der Waals surface area (Å²) < 4.78 is 23.7. The number of amides is 2. The van der Waals surface area contributed by atoms with Crippen molar-refractivity contribution < 1.29 is 23.2 Å². The molecule has 0 bridgehead atoms. The van der Waals surface area contributed by atoms with Crippen LogP contribution in [0.5, 0.6) is 5.75 Å². The van der Waals surface area contributed by atoms with Crippen molar-refractivity contribution >= 4 is 17.5 Å². The Hall–Kier alpha value is -3.75. The number of nitrogens with zero attached hydrogens (tertiary/aromatic N) is 2. The van der Waals surface area contributed by atoms with Gasteiger partial charge in [0.25, 0.3) is 0 Å². The van der Waals surface area contributed by atoms with E-state index < -0.39 is 5.91 Å². The Kier molecular flexibility index (Phi) is 5.19. The van der Waals surface area contributed by atoms with Crippen molar-refractivity contribution in [1.29, 1.82) is 0 Å². The van der Waals surface area contributed by atoms with Crippen LogP contribution in [0.3, 0.4) is 0 Å². The summed E-state index contributed by atoms with van der Waals surface area (Å²) in [5.74, 6) is -0.449.